The van der Waals surface area contributed by atoms with Gasteiger partial charge in [-0.3, -0.25) is 4.79 Å². The molecule has 0 aliphatic carbocycles. The van der Waals surface area contributed by atoms with Crippen LogP contribution in [0.4, 0.5) is 0 Å². The van der Waals surface area contributed by atoms with Gasteiger partial charge in [-0.15, -0.1) is 5.10 Å². The van der Waals surface area contributed by atoms with Crippen molar-refractivity contribution < 1.29 is 4.79 Å². The van der Waals surface area contributed by atoms with Crippen LogP contribution in [0.1, 0.15) is 29.0 Å². The van der Waals surface area contributed by atoms with Crippen LogP contribution in [0.3, 0.4) is 0 Å². The van der Waals surface area contributed by atoms with E-state index in [0.717, 1.165) is 42.7 Å². The summed E-state index contributed by atoms with van der Waals surface area (Å²) in [5.41, 5.74) is 2.98. The molecule has 2 heterocycles. The van der Waals surface area contributed by atoms with Crippen LogP contribution in [0.15, 0.2) is 54.6 Å². The Labute approximate surface area is 171 Å². The minimum Gasteiger partial charge on any atom is -0.336 e. The first-order valence-corrected chi connectivity index (χ1v) is 10.1. The second-order valence-corrected chi connectivity index (χ2v) is 7.86. The molecule has 0 unspecified atom stereocenters. The highest BCUT2D eigenvalue weighted by molar-refractivity contribution is 5.91. The Balaban J connectivity index is 1.67. The Hall–Kier alpha value is -2.99. The smallest absolute Gasteiger partial charge is 0.293 e. The highest BCUT2D eigenvalue weighted by Crippen LogP contribution is 2.23. The van der Waals surface area contributed by atoms with Gasteiger partial charge < -0.3 is 9.80 Å². The first-order chi connectivity index (χ1) is 14.0. The molecule has 29 heavy (non-hydrogen) atoms. The van der Waals surface area contributed by atoms with Gasteiger partial charge in [-0.05, 0) is 51.6 Å². The summed E-state index contributed by atoms with van der Waals surface area (Å²) < 4.78 is 1.78. The van der Waals surface area contributed by atoms with E-state index in [2.05, 4.69) is 35.1 Å². The molecule has 0 spiro atoms. The van der Waals surface area contributed by atoms with Gasteiger partial charge in [0.2, 0.25) is 5.82 Å². The summed E-state index contributed by atoms with van der Waals surface area (Å²) in [6.45, 7) is 3.52. The highest BCUT2D eigenvalue weighted by atomic mass is 16.2. The van der Waals surface area contributed by atoms with Crippen LogP contribution in [0.5, 0.6) is 0 Å². The lowest BCUT2D eigenvalue weighted by molar-refractivity contribution is 0.0651. The lowest BCUT2D eigenvalue weighted by Crippen LogP contribution is -2.44. The third-order valence-electron chi connectivity index (χ3n) is 5.56. The number of nitrogens with zero attached hydrogens (tertiary/aromatic N) is 5. The van der Waals surface area contributed by atoms with Gasteiger partial charge in [-0.1, -0.05) is 42.5 Å². The number of amides is 1. The maximum Gasteiger partial charge on any atom is 0.293 e. The molecule has 1 aliphatic rings. The van der Waals surface area contributed by atoms with Crippen molar-refractivity contribution in [3.63, 3.8) is 0 Å². The number of carbonyl (C=O) groups excluding carboxylic acids is 1. The van der Waals surface area contributed by atoms with E-state index in [4.69, 9.17) is 0 Å². The monoisotopic (exact) mass is 389 g/mol. The van der Waals surface area contributed by atoms with E-state index < -0.39 is 0 Å². The van der Waals surface area contributed by atoms with Crippen molar-refractivity contribution in [2.75, 3.05) is 27.2 Å². The van der Waals surface area contributed by atoms with Crippen LogP contribution in [-0.2, 0) is 0 Å². The Morgan fingerprint density at radius 3 is 2.41 bits per heavy atom. The molecule has 0 bridgehead atoms. The van der Waals surface area contributed by atoms with Crippen molar-refractivity contribution in [1.29, 1.82) is 0 Å². The Morgan fingerprint density at radius 2 is 1.76 bits per heavy atom. The summed E-state index contributed by atoms with van der Waals surface area (Å²) in [5.74, 6) is 0.849. The number of hydrogen-bond acceptors (Lipinski definition) is 4. The first-order valence-electron chi connectivity index (χ1n) is 10.1. The van der Waals surface area contributed by atoms with Gasteiger partial charge in [-0.25, -0.2) is 9.67 Å². The zero-order valence-corrected chi connectivity index (χ0v) is 17.2. The fourth-order valence-corrected chi connectivity index (χ4v) is 3.84. The van der Waals surface area contributed by atoms with Crippen LogP contribution >= 0.6 is 0 Å². The third-order valence-corrected chi connectivity index (χ3v) is 5.56. The van der Waals surface area contributed by atoms with E-state index in [1.807, 2.05) is 60.4 Å². The molecule has 150 valence electrons. The van der Waals surface area contributed by atoms with Crippen LogP contribution in [-0.4, -0.2) is 63.7 Å². The average molecular weight is 390 g/mol. The molecule has 2 aromatic carbocycles. The molecular weight excluding hydrogens is 362 g/mol. The average Bonchev–Trinajstić information content (AvgIpc) is 3.19. The molecule has 1 saturated heterocycles. The van der Waals surface area contributed by atoms with Gasteiger partial charge in [0.1, 0.15) is 0 Å². The van der Waals surface area contributed by atoms with E-state index in [-0.39, 0.29) is 11.7 Å². The minimum absolute atomic E-state index is 0.0919. The lowest BCUT2D eigenvalue weighted by atomic mass is 10.0. The molecule has 0 radical (unpaired) electrons. The summed E-state index contributed by atoms with van der Waals surface area (Å²) in [6, 6.07) is 18.5. The predicted octanol–water partition coefficient (Wildman–Crippen LogP) is 3.41. The summed E-state index contributed by atoms with van der Waals surface area (Å²) in [7, 11) is 4.19. The normalized spacial score (nSPS) is 15.1. The molecule has 1 aliphatic heterocycles. The van der Waals surface area contributed by atoms with Gasteiger partial charge in [0.15, 0.2) is 5.82 Å². The number of benzene rings is 2. The van der Waals surface area contributed by atoms with Crippen LogP contribution < -0.4 is 0 Å². The van der Waals surface area contributed by atoms with Crippen molar-refractivity contribution in [3.8, 4) is 17.1 Å². The van der Waals surface area contributed by atoms with Gasteiger partial charge in [0, 0.05) is 24.7 Å². The largest absolute Gasteiger partial charge is 0.336 e. The fourth-order valence-electron chi connectivity index (χ4n) is 3.84. The van der Waals surface area contributed by atoms with Gasteiger partial charge in [0.05, 0.1) is 5.69 Å². The van der Waals surface area contributed by atoms with E-state index >= 15 is 0 Å². The molecule has 0 atom stereocenters. The maximum atomic E-state index is 13.1. The highest BCUT2D eigenvalue weighted by Gasteiger charge is 2.28. The number of hydrogen-bond donors (Lipinski definition) is 0. The standard InChI is InChI=1S/C23H27N5O/c1-17-8-7-11-20(16-17)28-22(18-9-5-4-6-10-18)24-21(25-28)23(29)27-14-12-19(13-15-27)26(2)3/h4-11,16,19H,12-15H2,1-3H3. The van der Waals surface area contributed by atoms with Crippen molar-refractivity contribution in [2.24, 2.45) is 0 Å². The van der Waals surface area contributed by atoms with Gasteiger partial charge in [-0.2, -0.15) is 0 Å². The van der Waals surface area contributed by atoms with E-state index in [0.29, 0.717) is 11.9 Å². The summed E-state index contributed by atoms with van der Waals surface area (Å²) in [5, 5.41) is 4.63. The summed E-state index contributed by atoms with van der Waals surface area (Å²) >= 11 is 0. The first kappa shape index (κ1) is 19.3. The molecule has 0 N–H and O–H groups in total. The maximum absolute atomic E-state index is 13.1. The quantitative estimate of drug-likeness (QED) is 0.686. The number of piperidine rings is 1. The SMILES string of the molecule is Cc1cccc(-n2nc(C(=O)N3CCC(N(C)C)CC3)nc2-c2ccccc2)c1. The Kier molecular flexibility index (Phi) is 5.45. The molecule has 1 fully saturated rings. The number of carbonyl (C=O) groups is 1. The van der Waals surface area contributed by atoms with Crippen LogP contribution in [0, 0.1) is 6.92 Å². The predicted molar refractivity (Wildman–Crippen MR) is 114 cm³/mol. The molecule has 4 rings (SSSR count). The van der Waals surface area contributed by atoms with Crippen molar-refractivity contribution in [2.45, 2.75) is 25.8 Å². The number of likely N-dealkylation sites (tertiary alicyclic amines) is 1. The molecular formula is C23H27N5O. The molecule has 6 nitrogen and oxygen atoms in total. The van der Waals surface area contributed by atoms with Crippen LogP contribution in [0.2, 0.25) is 0 Å². The van der Waals surface area contributed by atoms with Crippen molar-refractivity contribution in [3.05, 3.63) is 66.0 Å². The lowest BCUT2D eigenvalue weighted by Gasteiger charge is -2.34. The summed E-state index contributed by atoms with van der Waals surface area (Å²) in [6.07, 6.45) is 1.95. The minimum atomic E-state index is -0.0919. The zero-order valence-electron chi connectivity index (χ0n) is 17.2. The van der Waals surface area contributed by atoms with Gasteiger partial charge >= 0.3 is 0 Å². The molecule has 3 aromatic rings. The number of aryl methyl sites for hydroxylation is 1. The Bertz CT molecular complexity index is 988. The summed E-state index contributed by atoms with van der Waals surface area (Å²) in [4.78, 5) is 21.9. The van der Waals surface area contributed by atoms with E-state index in [1.54, 1.807) is 4.68 Å². The van der Waals surface area contributed by atoms with Gasteiger partial charge in [0.25, 0.3) is 5.91 Å². The second-order valence-electron chi connectivity index (χ2n) is 7.86. The molecule has 6 heteroatoms. The number of rotatable bonds is 4. The molecule has 1 aromatic heterocycles. The van der Waals surface area contributed by atoms with Crippen LogP contribution in [0.25, 0.3) is 17.1 Å². The van der Waals surface area contributed by atoms with Crippen molar-refractivity contribution >= 4 is 5.91 Å². The van der Waals surface area contributed by atoms with E-state index in [1.165, 1.54) is 0 Å². The topological polar surface area (TPSA) is 54.3 Å². The van der Waals surface area contributed by atoms with E-state index in [9.17, 15) is 4.79 Å². The molecule has 1 amide bonds. The fraction of sp³-hybridized carbons (Fsp3) is 0.348. The second kappa shape index (κ2) is 8.17. The third kappa shape index (κ3) is 4.07. The van der Waals surface area contributed by atoms with Crippen molar-refractivity contribution in [1.82, 2.24) is 24.6 Å². The molecule has 0 saturated carbocycles. The number of aromatic nitrogens is 3. The zero-order chi connectivity index (χ0) is 20.4. The Morgan fingerprint density at radius 1 is 1.03 bits per heavy atom.